The van der Waals surface area contributed by atoms with Gasteiger partial charge in [-0.05, 0) is 33.1 Å². The summed E-state index contributed by atoms with van der Waals surface area (Å²) in [4.78, 5) is 19.1. The third kappa shape index (κ3) is 4.58. The van der Waals surface area contributed by atoms with Crippen LogP contribution in [0.2, 0.25) is 0 Å². The normalized spacial score (nSPS) is 23.7. The van der Waals surface area contributed by atoms with Crippen molar-refractivity contribution in [2.24, 2.45) is 0 Å². The number of sulfone groups is 1. The van der Waals surface area contributed by atoms with E-state index in [1.807, 2.05) is 18.7 Å². The number of aryl methyl sites for hydroxylation is 2. The fourth-order valence-electron chi connectivity index (χ4n) is 3.76. The molecule has 0 radical (unpaired) electrons. The van der Waals surface area contributed by atoms with Gasteiger partial charge in [0.15, 0.2) is 9.84 Å². The van der Waals surface area contributed by atoms with E-state index in [1.165, 1.54) is 18.2 Å². The third-order valence-corrected chi connectivity index (χ3v) is 7.75. The lowest BCUT2D eigenvalue weighted by molar-refractivity contribution is -0.133. The Morgan fingerprint density at radius 1 is 1.20 bits per heavy atom. The molecule has 1 saturated carbocycles. The Labute approximate surface area is 153 Å². The Morgan fingerprint density at radius 2 is 1.92 bits per heavy atom. The summed E-state index contributed by atoms with van der Waals surface area (Å²) in [7, 11) is -3.01. The highest BCUT2D eigenvalue weighted by molar-refractivity contribution is 7.99. The summed E-state index contributed by atoms with van der Waals surface area (Å²) in [6.45, 7) is 3.73. The maximum Gasteiger partial charge on any atom is 0.256 e. The van der Waals surface area contributed by atoms with E-state index >= 15 is 0 Å². The second kappa shape index (κ2) is 7.70. The molecule has 1 unspecified atom stereocenters. The van der Waals surface area contributed by atoms with E-state index in [9.17, 15) is 13.2 Å². The molecule has 1 aliphatic carbocycles. The van der Waals surface area contributed by atoms with Gasteiger partial charge in [0, 0.05) is 12.1 Å². The van der Waals surface area contributed by atoms with Gasteiger partial charge in [0.25, 0.3) is 5.22 Å². The fraction of sp³-hybridized carbons (Fsp3) is 0.765. The summed E-state index contributed by atoms with van der Waals surface area (Å²) < 4.78 is 29.3. The van der Waals surface area contributed by atoms with Crippen molar-refractivity contribution >= 4 is 27.5 Å². The topological polar surface area (TPSA) is 80.5 Å². The van der Waals surface area contributed by atoms with E-state index in [4.69, 9.17) is 4.42 Å². The third-order valence-electron chi connectivity index (χ3n) is 5.19. The van der Waals surface area contributed by atoms with E-state index in [0.29, 0.717) is 11.6 Å². The van der Waals surface area contributed by atoms with Crippen molar-refractivity contribution in [2.45, 2.75) is 69.7 Å². The second-order valence-electron chi connectivity index (χ2n) is 7.06. The zero-order valence-corrected chi connectivity index (χ0v) is 16.5. The van der Waals surface area contributed by atoms with Gasteiger partial charge in [0.05, 0.1) is 23.0 Å². The first kappa shape index (κ1) is 18.8. The molecule has 0 aromatic carbocycles. The highest BCUT2D eigenvalue weighted by Crippen LogP contribution is 2.30. The Balaban J connectivity index is 1.70. The Morgan fingerprint density at radius 3 is 2.48 bits per heavy atom. The minimum Gasteiger partial charge on any atom is -0.437 e. The highest BCUT2D eigenvalue weighted by atomic mass is 32.2. The van der Waals surface area contributed by atoms with Crippen LogP contribution in [0.5, 0.6) is 0 Å². The molecule has 2 fully saturated rings. The van der Waals surface area contributed by atoms with Crippen molar-refractivity contribution in [2.75, 3.05) is 17.3 Å². The monoisotopic (exact) mass is 386 g/mol. The molecule has 140 valence electrons. The molecule has 6 nitrogen and oxygen atoms in total. The van der Waals surface area contributed by atoms with Crippen molar-refractivity contribution in [1.29, 1.82) is 0 Å². The number of carbonyl (C=O) groups is 1. The average Bonchev–Trinajstić information content (AvgIpc) is 3.08. The van der Waals surface area contributed by atoms with Gasteiger partial charge in [-0.3, -0.25) is 4.79 Å². The first-order valence-electron chi connectivity index (χ1n) is 8.94. The molecule has 1 atom stereocenters. The summed E-state index contributed by atoms with van der Waals surface area (Å²) >= 11 is 1.30. The van der Waals surface area contributed by atoms with Crippen molar-refractivity contribution in [3.63, 3.8) is 0 Å². The zero-order chi connectivity index (χ0) is 18.0. The van der Waals surface area contributed by atoms with Gasteiger partial charge in [-0.15, -0.1) is 0 Å². The van der Waals surface area contributed by atoms with E-state index in [0.717, 1.165) is 37.1 Å². The van der Waals surface area contributed by atoms with Crippen LogP contribution in [0.25, 0.3) is 0 Å². The van der Waals surface area contributed by atoms with Crippen molar-refractivity contribution in [3.05, 3.63) is 11.5 Å². The molecule has 3 rings (SSSR count). The first-order chi connectivity index (χ1) is 11.9. The van der Waals surface area contributed by atoms with Gasteiger partial charge in [-0.1, -0.05) is 31.0 Å². The molecule has 0 bridgehead atoms. The van der Waals surface area contributed by atoms with Crippen LogP contribution in [0.4, 0.5) is 0 Å². The number of carbonyl (C=O) groups excluding carboxylic acids is 1. The van der Waals surface area contributed by atoms with E-state index < -0.39 is 9.84 Å². The van der Waals surface area contributed by atoms with Crippen molar-refractivity contribution in [3.8, 4) is 0 Å². The summed E-state index contributed by atoms with van der Waals surface area (Å²) in [5.41, 5.74) is 0.834. The number of aromatic nitrogens is 1. The molecule has 1 amide bonds. The smallest absolute Gasteiger partial charge is 0.256 e. The lowest BCUT2D eigenvalue weighted by Crippen LogP contribution is -2.49. The van der Waals surface area contributed by atoms with Gasteiger partial charge >= 0.3 is 0 Å². The van der Waals surface area contributed by atoms with Crippen molar-refractivity contribution < 1.29 is 17.6 Å². The average molecular weight is 387 g/mol. The molecule has 2 heterocycles. The minimum atomic E-state index is -3.01. The molecule has 8 heteroatoms. The molecule has 0 N–H and O–H groups in total. The SMILES string of the molecule is Cc1nc(SCC(=O)N(C2CCCCC2)C2CCS(=O)(=O)C2)oc1C. The van der Waals surface area contributed by atoms with Gasteiger partial charge in [0.1, 0.15) is 5.76 Å². The van der Waals surface area contributed by atoms with Gasteiger partial charge in [-0.2, -0.15) is 0 Å². The minimum absolute atomic E-state index is 0.00695. The Hall–Kier alpha value is -1.02. The van der Waals surface area contributed by atoms with Crippen LogP contribution in [0.1, 0.15) is 50.0 Å². The number of nitrogens with zero attached hydrogens (tertiary/aromatic N) is 2. The summed E-state index contributed by atoms with van der Waals surface area (Å²) in [6.07, 6.45) is 5.93. The summed E-state index contributed by atoms with van der Waals surface area (Å²) in [5.74, 6) is 1.32. The van der Waals surface area contributed by atoms with Crippen LogP contribution in [0, 0.1) is 13.8 Å². The van der Waals surface area contributed by atoms with Crippen LogP contribution in [0.15, 0.2) is 9.64 Å². The molecule has 1 aliphatic heterocycles. The Bertz CT molecular complexity index is 704. The summed E-state index contributed by atoms with van der Waals surface area (Å²) in [5, 5.41) is 0.506. The number of oxazole rings is 1. The zero-order valence-electron chi connectivity index (χ0n) is 14.9. The van der Waals surface area contributed by atoms with Crippen LogP contribution >= 0.6 is 11.8 Å². The Kier molecular flexibility index (Phi) is 5.78. The molecular formula is C17H26N2O4S2. The largest absolute Gasteiger partial charge is 0.437 e. The molecule has 1 saturated heterocycles. The molecule has 2 aliphatic rings. The lowest BCUT2D eigenvalue weighted by Gasteiger charge is -2.38. The molecule has 1 aromatic heterocycles. The first-order valence-corrected chi connectivity index (χ1v) is 11.7. The van der Waals surface area contributed by atoms with E-state index in [-0.39, 0.29) is 35.2 Å². The van der Waals surface area contributed by atoms with Gasteiger partial charge in [0.2, 0.25) is 5.91 Å². The number of amides is 1. The number of rotatable bonds is 5. The molecular weight excluding hydrogens is 360 g/mol. The maximum atomic E-state index is 12.9. The number of thioether (sulfide) groups is 1. The lowest BCUT2D eigenvalue weighted by atomic mass is 9.93. The van der Waals surface area contributed by atoms with Crippen LogP contribution in [-0.4, -0.2) is 53.6 Å². The quantitative estimate of drug-likeness (QED) is 0.724. The highest BCUT2D eigenvalue weighted by Gasteiger charge is 2.38. The van der Waals surface area contributed by atoms with E-state index in [1.54, 1.807) is 0 Å². The second-order valence-corrected chi connectivity index (χ2v) is 10.2. The van der Waals surface area contributed by atoms with Crippen LogP contribution in [-0.2, 0) is 14.6 Å². The van der Waals surface area contributed by atoms with Crippen LogP contribution in [0.3, 0.4) is 0 Å². The molecule has 1 aromatic rings. The van der Waals surface area contributed by atoms with Crippen molar-refractivity contribution in [1.82, 2.24) is 9.88 Å². The number of hydrogen-bond donors (Lipinski definition) is 0. The standard InChI is InChI=1S/C17H26N2O4S2/c1-12-13(2)23-17(18-12)24-10-16(20)19(14-6-4-3-5-7-14)15-8-9-25(21,22)11-15/h14-15H,3-11H2,1-2H3. The predicted octanol–water partition coefficient (Wildman–Crippen LogP) is 2.73. The summed E-state index contributed by atoms with van der Waals surface area (Å²) in [6, 6.07) is 0.00224. The van der Waals surface area contributed by atoms with Gasteiger partial charge < -0.3 is 9.32 Å². The molecule has 0 spiro atoms. The number of hydrogen-bond acceptors (Lipinski definition) is 6. The van der Waals surface area contributed by atoms with Crippen LogP contribution < -0.4 is 0 Å². The molecule has 25 heavy (non-hydrogen) atoms. The predicted molar refractivity (Wildman–Crippen MR) is 97.5 cm³/mol. The van der Waals surface area contributed by atoms with E-state index in [2.05, 4.69) is 4.98 Å². The maximum absolute atomic E-state index is 12.9. The van der Waals surface area contributed by atoms with Gasteiger partial charge in [-0.25, -0.2) is 13.4 Å². The fourth-order valence-corrected chi connectivity index (χ4v) is 6.26.